The Labute approximate surface area is 104 Å². The summed E-state index contributed by atoms with van der Waals surface area (Å²) in [7, 11) is 0. The maximum atomic E-state index is 11.2. The largest absolute Gasteiger partial charge is 0.485 e. The third-order valence-corrected chi connectivity index (χ3v) is 2.16. The van der Waals surface area contributed by atoms with Gasteiger partial charge in [0.2, 0.25) is 0 Å². The minimum Gasteiger partial charge on any atom is -0.485 e. The van der Waals surface area contributed by atoms with Crippen LogP contribution in [0.2, 0.25) is 0 Å². The highest BCUT2D eigenvalue weighted by atomic mass is 16.5. The number of aliphatic hydroxyl groups excluding tert-OH is 1. The molecule has 18 heavy (non-hydrogen) atoms. The minimum absolute atomic E-state index is 0.254. The maximum Gasteiger partial charge on any atom is 0.328 e. The number of carbonyl (C=O) groups is 2. The zero-order valence-corrected chi connectivity index (χ0v) is 9.87. The number of carboxylic acids is 1. The number of rotatable bonds is 6. The van der Waals surface area contributed by atoms with Gasteiger partial charge in [0.25, 0.3) is 0 Å². The van der Waals surface area contributed by atoms with Gasteiger partial charge in [-0.2, -0.15) is 0 Å². The monoisotopic (exact) mass is 250 g/mol. The van der Waals surface area contributed by atoms with Crippen molar-refractivity contribution in [3.05, 3.63) is 35.9 Å². The molecule has 0 aromatic heterocycles. The van der Waals surface area contributed by atoms with Crippen molar-refractivity contribution in [1.29, 1.82) is 0 Å². The summed E-state index contributed by atoms with van der Waals surface area (Å²) in [5.41, 5.74) is 0.554. The number of benzene rings is 1. The second-order valence-corrected chi connectivity index (χ2v) is 3.64. The SMILES string of the molecule is CC(O)C(=O)COc1ccccc1/C=C/C(=O)O. The molecule has 1 aromatic carbocycles. The standard InChI is InChI=1S/C13H14O5/c1-9(14)11(15)8-18-12-5-3-2-4-10(12)6-7-13(16)17/h2-7,9,14H,8H2,1H3,(H,16,17)/b7-6+. The van der Waals surface area contributed by atoms with Gasteiger partial charge in [0.1, 0.15) is 18.5 Å². The molecule has 0 heterocycles. The lowest BCUT2D eigenvalue weighted by molar-refractivity contribution is -0.131. The average Bonchev–Trinajstić information content (AvgIpc) is 2.34. The maximum absolute atomic E-state index is 11.2. The van der Waals surface area contributed by atoms with Crippen molar-refractivity contribution in [2.45, 2.75) is 13.0 Å². The molecule has 1 atom stereocenters. The lowest BCUT2D eigenvalue weighted by Gasteiger charge is -2.09. The molecule has 0 radical (unpaired) electrons. The van der Waals surface area contributed by atoms with E-state index in [4.69, 9.17) is 14.9 Å². The molecule has 0 saturated carbocycles. The molecule has 96 valence electrons. The number of aliphatic hydroxyl groups is 1. The van der Waals surface area contributed by atoms with Crippen LogP contribution in [0.4, 0.5) is 0 Å². The quantitative estimate of drug-likeness (QED) is 0.739. The van der Waals surface area contributed by atoms with Gasteiger partial charge >= 0.3 is 5.97 Å². The summed E-state index contributed by atoms with van der Waals surface area (Å²) in [5, 5.41) is 17.6. The van der Waals surface area contributed by atoms with Crippen molar-refractivity contribution >= 4 is 17.8 Å². The first-order valence-electron chi connectivity index (χ1n) is 5.34. The van der Waals surface area contributed by atoms with Gasteiger partial charge in [0.15, 0.2) is 5.78 Å². The van der Waals surface area contributed by atoms with E-state index in [1.807, 2.05) is 0 Å². The third-order valence-electron chi connectivity index (χ3n) is 2.16. The molecular formula is C13H14O5. The van der Waals surface area contributed by atoms with Gasteiger partial charge in [-0.25, -0.2) is 4.79 Å². The summed E-state index contributed by atoms with van der Waals surface area (Å²) in [5.74, 6) is -1.11. The molecule has 0 aliphatic rings. The first-order valence-corrected chi connectivity index (χ1v) is 5.34. The summed E-state index contributed by atoms with van der Waals surface area (Å²) in [4.78, 5) is 21.6. The molecule has 1 unspecified atom stereocenters. The predicted molar refractivity (Wildman–Crippen MR) is 65.3 cm³/mol. The molecule has 0 spiro atoms. The van der Waals surface area contributed by atoms with Gasteiger partial charge < -0.3 is 14.9 Å². The first-order chi connectivity index (χ1) is 8.50. The molecule has 0 fully saturated rings. The van der Waals surface area contributed by atoms with Crippen molar-refractivity contribution in [2.24, 2.45) is 0 Å². The van der Waals surface area contributed by atoms with E-state index in [0.29, 0.717) is 11.3 Å². The number of Topliss-reactive ketones (excluding diaryl/α,β-unsaturated/α-hetero) is 1. The van der Waals surface area contributed by atoms with Crippen LogP contribution in [0.15, 0.2) is 30.3 Å². The zero-order valence-electron chi connectivity index (χ0n) is 9.87. The first kappa shape index (κ1) is 13.9. The molecular weight excluding hydrogens is 236 g/mol. The minimum atomic E-state index is -1.08. The zero-order chi connectivity index (χ0) is 13.5. The van der Waals surface area contributed by atoms with Crippen molar-refractivity contribution in [3.63, 3.8) is 0 Å². The number of hydrogen-bond acceptors (Lipinski definition) is 4. The van der Waals surface area contributed by atoms with Crippen molar-refractivity contribution in [3.8, 4) is 5.75 Å². The van der Waals surface area contributed by atoms with Gasteiger partial charge in [0.05, 0.1) is 0 Å². The molecule has 1 rings (SSSR count). The fraction of sp³-hybridized carbons (Fsp3) is 0.231. The number of ketones is 1. The van der Waals surface area contributed by atoms with E-state index in [0.717, 1.165) is 6.08 Å². The van der Waals surface area contributed by atoms with Gasteiger partial charge in [-0.05, 0) is 19.1 Å². The smallest absolute Gasteiger partial charge is 0.328 e. The summed E-state index contributed by atoms with van der Waals surface area (Å²) in [6.45, 7) is 1.11. The molecule has 2 N–H and O–H groups in total. The number of ether oxygens (including phenoxy) is 1. The molecule has 0 aliphatic carbocycles. The summed E-state index contributed by atoms with van der Waals surface area (Å²) in [6, 6.07) is 6.73. The number of hydrogen-bond donors (Lipinski definition) is 2. The van der Waals surface area contributed by atoms with Crippen LogP contribution in [0.5, 0.6) is 5.75 Å². The second kappa shape index (κ2) is 6.56. The van der Waals surface area contributed by atoms with Gasteiger partial charge in [-0.3, -0.25) is 4.79 Å². The van der Waals surface area contributed by atoms with Crippen LogP contribution in [0.25, 0.3) is 6.08 Å². The van der Waals surface area contributed by atoms with Crippen molar-refractivity contribution < 1.29 is 24.5 Å². The van der Waals surface area contributed by atoms with Crippen LogP contribution in [-0.2, 0) is 9.59 Å². The van der Waals surface area contributed by atoms with Crippen LogP contribution < -0.4 is 4.74 Å². The van der Waals surface area contributed by atoms with E-state index in [1.165, 1.54) is 13.0 Å². The lowest BCUT2D eigenvalue weighted by Crippen LogP contribution is -2.23. The van der Waals surface area contributed by atoms with Gasteiger partial charge in [-0.1, -0.05) is 18.2 Å². The molecule has 0 amide bonds. The highest BCUT2D eigenvalue weighted by Gasteiger charge is 2.10. The Morgan fingerprint density at radius 2 is 2.06 bits per heavy atom. The third kappa shape index (κ3) is 4.39. The van der Waals surface area contributed by atoms with Crippen molar-refractivity contribution in [2.75, 3.05) is 6.61 Å². The molecule has 0 bridgehead atoms. The van der Waals surface area contributed by atoms with Crippen LogP contribution >= 0.6 is 0 Å². The summed E-state index contributed by atoms with van der Waals surface area (Å²) in [6.07, 6.45) is 1.29. The van der Waals surface area contributed by atoms with Crippen molar-refractivity contribution in [1.82, 2.24) is 0 Å². The molecule has 5 heteroatoms. The molecule has 0 saturated heterocycles. The number of carboxylic acid groups (broad SMARTS) is 1. The van der Waals surface area contributed by atoms with Crippen LogP contribution in [0, 0.1) is 0 Å². The van der Waals surface area contributed by atoms with E-state index < -0.39 is 17.9 Å². The average molecular weight is 250 g/mol. The van der Waals surface area contributed by atoms with E-state index in [-0.39, 0.29) is 6.61 Å². The van der Waals surface area contributed by atoms with Gasteiger partial charge in [-0.15, -0.1) is 0 Å². The van der Waals surface area contributed by atoms with E-state index in [9.17, 15) is 9.59 Å². The Kier molecular flexibility index (Phi) is 5.07. The molecule has 5 nitrogen and oxygen atoms in total. The highest BCUT2D eigenvalue weighted by Crippen LogP contribution is 2.19. The number of para-hydroxylation sites is 1. The Bertz CT molecular complexity index is 462. The normalized spacial score (nSPS) is 12.3. The number of carbonyl (C=O) groups excluding carboxylic acids is 1. The summed E-state index contributed by atoms with van der Waals surface area (Å²) >= 11 is 0. The predicted octanol–water partition coefficient (Wildman–Crippen LogP) is 1.11. The topological polar surface area (TPSA) is 83.8 Å². The second-order valence-electron chi connectivity index (χ2n) is 3.64. The Balaban J connectivity index is 2.76. The molecule has 1 aromatic rings. The van der Waals surface area contributed by atoms with Crippen LogP contribution in [-0.4, -0.2) is 34.7 Å². The number of aliphatic carboxylic acids is 1. The fourth-order valence-electron chi connectivity index (χ4n) is 1.18. The highest BCUT2D eigenvalue weighted by molar-refractivity contribution is 5.86. The van der Waals surface area contributed by atoms with Crippen LogP contribution in [0.3, 0.4) is 0 Å². The lowest BCUT2D eigenvalue weighted by atomic mass is 10.2. The van der Waals surface area contributed by atoms with E-state index in [1.54, 1.807) is 24.3 Å². The Morgan fingerprint density at radius 3 is 2.67 bits per heavy atom. The molecule has 0 aliphatic heterocycles. The Morgan fingerprint density at radius 1 is 1.39 bits per heavy atom. The van der Waals surface area contributed by atoms with E-state index in [2.05, 4.69) is 0 Å². The summed E-state index contributed by atoms with van der Waals surface area (Å²) < 4.78 is 5.24. The van der Waals surface area contributed by atoms with E-state index >= 15 is 0 Å². The van der Waals surface area contributed by atoms with Gasteiger partial charge in [0, 0.05) is 11.6 Å². The Hall–Kier alpha value is -2.14. The fourth-order valence-corrected chi connectivity index (χ4v) is 1.18. The van der Waals surface area contributed by atoms with Crippen LogP contribution in [0.1, 0.15) is 12.5 Å².